The summed E-state index contributed by atoms with van der Waals surface area (Å²) in [5.41, 5.74) is 4.59. The van der Waals surface area contributed by atoms with E-state index in [1.54, 1.807) is 7.11 Å². The lowest BCUT2D eigenvalue weighted by molar-refractivity contribution is -0.119. The van der Waals surface area contributed by atoms with Crippen molar-refractivity contribution in [2.24, 2.45) is 5.41 Å². The third-order valence-electron chi connectivity index (χ3n) is 5.91. The Morgan fingerprint density at radius 1 is 1.11 bits per heavy atom. The van der Waals surface area contributed by atoms with Crippen LogP contribution >= 0.6 is 0 Å². The van der Waals surface area contributed by atoms with E-state index in [9.17, 15) is 4.79 Å². The van der Waals surface area contributed by atoms with E-state index in [1.807, 2.05) is 6.08 Å². The molecule has 1 aliphatic carbocycles. The van der Waals surface area contributed by atoms with Gasteiger partial charge in [-0.15, -0.1) is 5.54 Å². The zero-order valence-corrected chi connectivity index (χ0v) is 21.1. The minimum Gasteiger partial charge on any atom is -0.547 e. The molecule has 0 fully saturated rings. The molecule has 2 atom stereocenters. The quantitative estimate of drug-likeness (QED) is 0.297. The molecule has 0 saturated heterocycles. The van der Waals surface area contributed by atoms with E-state index in [4.69, 9.17) is 9.16 Å². The standard InChI is InChI=1S/C22H40O3Si2/c1-17(2)27(18(3)4,19(5)6)14-13-22(16-23)12-11-20(15-21(22)24-7)25-26(8,9)10/h15-19,21H,11-12H2,1-10H3. The zero-order chi connectivity index (χ0) is 21.0. The van der Waals surface area contributed by atoms with Crippen LogP contribution in [0.4, 0.5) is 0 Å². The smallest absolute Gasteiger partial charge is 0.241 e. The highest BCUT2D eigenvalue weighted by atomic mass is 28.4. The van der Waals surface area contributed by atoms with E-state index in [2.05, 4.69) is 72.6 Å². The number of carbonyl (C=O) groups is 1. The maximum absolute atomic E-state index is 12.2. The molecule has 0 amide bonds. The van der Waals surface area contributed by atoms with Gasteiger partial charge in [0.15, 0.2) is 0 Å². The van der Waals surface area contributed by atoms with E-state index < -0.39 is 21.8 Å². The zero-order valence-electron chi connectivity index (χ0n) is 19.1. The molecule has 0 aliphatic heterocycles. The molecule has 0 heterocycles. The summed E-state index contributed by atoms with van der Waals surface area (Å²) in [4.78, 5) is 12.2. The second kappa shape index (κ2) is 9.11. The van der Waals surface area contributed by atoms with Gasteiger partial charge in [0.25, 0.3) is 0 Å². The van der Waals surface area contributed by atoms with Gasteiger partial charge >= 0.3 is 0 Å². The van der Waals surface area contributed by atoms with E-state index in [-0.39, 0.29) is 6.10 Å². The molecule has 0 radical (unpaired) electrons. The first-order valence-corrected chi connectivity index (χ1v) is 15.9. The highest BCUT2D eigenvalue weighted by molar-refractivity contribution is 6.90. The lowest BCUT2D eigenvalue weighted by atomic mass is 9.76. The van der Waals surface area contributed by atoms with Crippen molar-refractivity contribution < 1.29 is 14.0 Å². The van der Waals surface area contributed by atoms with Gasteiger partial charge in [0, 0.05) is 13.5 Å². The summed E-state index contributed by atoms with van der Waals surface area (Å²) >= 11 is 0. The van der Waals surface area contributed by atoms with Crippen molar-refractivity contribution in [1.82, 2.24) is 0 Å². The summed E-state index contributed by atoms with van der Waals surface area (Å²) in [6, 6.07) is 0. The third kappa shape index (κ3) is 5.37. The average molecular weight is 409 g/mol. The lowest BCUT2D eigenvalue weighted by Crippen LogP contribution is -2.45. The van der Waals surface area contributed by atoms with Crippen LogP contribution in [0.2, 0.25) is 36.3 Å². The molecular weight excluding hydrogens is 368 g/mol. The minimum atomic E-state index is -1.89. The average Bonchev–Trinajstić information content (AvgIpc) is 2.53. The Hall–Kier alpha value is -0.836. The molecule has 0 aromatic rings. The van der Waals surface area contributed by atoms with Gasteiger partial charge in [0.1, 0.15) is 25.9 Å². The Kier molecular flexibility index (Phi) is 8.16. The summed E-state index contributed by atoms with van der Waals surface area (Å²) in [6.07, 6.45) is 4.08. The predicted octanol–water partition coefficient (Wildman–Crippen LogP) is 5.94. The molecule has 0 spiro atoms. The third-order valence-corrected chi connectivity index (χ3v) is 13.1. The topological polar surface area (TPSA) is 35.5 Å². The van der Waals surface area contributed by atoms with Gasteiger partial charge in [0.05, 0.1) is 5.76 Å². The Morgan fingerprint density at radius 3 is 2.00 bits per heavy atom. The first kappa shape index (κ1) is 24.2. The molecule has 27 heavy (non-hydrogen) atoms. The summed E-state index contributed by atoms with van der Waals surface area (Å²) in [5, 5.41) is 0. The number of aldehydes is 1. The fourth-order valence-electron chi connectivity index (χ4n) is 4.58. The summed E-state index contributed by atoms with van der Waals surface area (Å²) in [6.45, 7) is 20.3. The maximum atomic E-state index is 12.2. The summed E-state index contributed by atoms with van der Waals surface area (Å²) in [7, 11) is -1.91. The van der Waals surface area contributed by atoms with E-state index in [0.717, 1.165) is 18.5 Å². The van der Waals surface area contributed by atoms with Crippen LogP contribution in [0.5, 0.6) is 0 Å². The van der Waals surface area contributed by atoms with E-state index in [0.29, 0.717) is 23.0 Å². The van der Waals surface area contributed by atoms with Gasteiger partial charge in [-0.1, -0.05) is 47.5 Å². The molecule has 154 valence electrons. The molecule has 0 bridgehead atoms. The van der Waals surface area contributed by atoms with Crippen molar-refractivity contribution in [1.29, 1.82) is 0 Å². The highest BCUT2D eigenvalue weighted by Gasteiger charge is 2.45. The maximum Gasteiger partial charge on any atom is 0.241 e. The Balaban J connectivity index is 3.38. The van der Waals surface area contributed by atoms with Crippen LogP contribution < -0.4 is 0 Å². The normalized spacial score (nSPS) is 23.9. The second-order valence-corrected chi connectivity index (χ2v) is 19.8. The molecule has 1 aliphatic rings. The van der Waals surface area contributed by atoms with Crippen LogP contribution in [0, 0.1) is 16.9 Å². The number of methoxy groups -OCH3 is 1. The SMILES string of the molecule is COC1C=C(O[Si](C)(C)C)CCC1(C#C[Si](C(C)C)(C(C)C)C(C)C)C=O. The number of hydrogen-bond acceptors (Lipinski definition) is 3. The van der Waals surface area contributed by atoms with Gasteiger partial charge in [-0.25, -0.2) is 0 Å². The van der Waals surface area contributed by atoms with Gasteiger partial charge in [-0.2, -0.15) is 0 Å². The molecule has 0 aromatic heterocycles. The fraction of sp³-hybridized carbons (Fsp3) is 0.773. The number of ether oxygens (including phenoxy) is 1. The molecule has 0 aromatic carbocycles. The minimum absolute atomic E-state index is 0.346. The summed E-state index contributed by atoms with van der Waals surface area (Å²) < 4.78 is 11.9. The van der Waals surface area contributed by atoms with Crippen LogP contribution in [0.1, 0.15) is 54.4 Å². The van der Waals surface area contributed by atoms with Gasteiger partial charge < -0.3 is 14.0 Å². The van der Waals surface area contributed by atoms with Crippen molar-refractivity contribution in [2.75, 3.05) is 7.11 Å². The van der Waals surface area contributed by atoms with Crippen molar-refractivity contribution in [3.8, 4) is 11.5 Å². The van der Waals surface area contributed by atoms with Gasteiger partial charge in [-0.3, -0.25) is 0 Å². The molecule has 2 unspecified atom stereocenters. The molecular formula is C22H40O3Si2. The Labute approximate surface area is 169 Å². The van der Waals surface area contributed by atoms with Crippen LogP contribution in [-0.4, -0.2) is 35.9 Å². The fourth-order valence-corrected chi connectivity index (χ4v) is 10.8. The number of allylic oxidation sites excluding steroid dienone is 1. The predicted molar refractivity (Wildman–Crippen MR) is 120 cm³/mol. The van der Waals surface area contributed by atoms with E-state index in [1.165, 1.54) is 0 Å². The van der Waals surface area contributed by atoms with Gasteiger partial charge in [0.2, 0.25) is 8.32 Å². The van der Waals surface area contributed by atoms with Crippen molar-refractivity contribution >= 4 is 22.7 Å². The molecule has 3 nitrogen and oxygen atoms in total. The molecule has 0 saturated carbocycles. The van der Waals surface area contributed by atoms with Crippen LogP contribution in [0.15, 0.2) is 11.8 Å². The Bertz CT molecular complexity index is 583. The molecule has 0 N–H and O–H groups in total. The lowest BCUT2D eigenvalue weighted by Gasteiger charge is -2.39. The number of rotatable bonds is 7. The van der Waals surface area contributed by atoms with E-state index >= 15 is 0 Å². The number of carbonyl (C=O) groups excluding carboxylic acids is 1. The van der Waals surface area contributed by atoms with Crippen LogP contribution in [0.25, 0.3) is 0 Å². The van der Waals surface area contributed by atoms with Crippen molar-refractivity contribution in [3.05, 3.63) is 11.8 Å². The van der Waals surface area contributed by atoms with Gasteiger partial charge in [-0.05, 0) is 48.8 Å². The largest absolute Gasteiger partial charge is 0.547 e. The highest BCUT2D eigenvalue weighted by Crippen LogP contribution is 2.42. The second-order valence-electron chi connectivity index (χ2n) is 9.81. The van der Waals surface area contributed by atoms with Crippen LogP contribution in [0.3, 0.4) is 0 Å². The number of hydrogen-bond donors (Lipinski definition) is 0. The molecule has 1 rings (SSSR count). The van der Waals surface area contributed by atoms with Crippen molar-refractivity contribution in [3.63, 3.8) is 0 Å². The Morgan fingerprint density at radius 2 is 1.63 bits per heavy atom. The molecule has 5 heteroatoms. The van der Waals surface area contributed by atoms with Crippen LogP contribution in [-0.2, 0) is 14.0 Å². The summed E-state index contributed by atoms with van der Waals surface area (Å²) in [5.74, 6) is 4.44. The monoisotopic (exact) mass is 408 g/mol. The first-order chi connectivity index (χ1) is 12.3. The first-order valence-electron chi connectivity index (χ1n) is 10.3. The van der Waals surface area contributed by atoms with Crippen molar-refractivity contribution in [2.45, 2.75) is 96.8 Å².